The quantitative estimate of drug-likeness (QED) is 0.826. The molecule has 0 radical (unpaired) electrons. The molecular formula is C16H16Cl2N2O3S. The van der Waals surface area contributed by atoms with Crippen molar-refractivity contribution in [1.29, 1.82) is 0 Å². The minimum atomic E-state index is -3.75. The molecule has 0 aliphatic rings. The van der Waals surface area contributed by atoms with Crippen molar-refractivity contribution in [3.63, 3.8) is 0 Å². The first-order valence-electron chi connectivity index (χ1n) is 7.04. The van der Waals surface area contributed by atoms with Gasteiger partial charge >= 0.3 is 0 Å². The Balaban J connectivity index is 2.24. The SMILES string of the molecule is CNS(=O)(=O)c1cc(C(=O)N[C@@H](C)c2ccc(Cl)cc2)ccc1Cl. The molecule has 0 heterocycles. The average molecular weight is 387 g/mol. The molecule has 0 spiro atoms. The molecule has 0 bridgehead atoms. The van der Waals surface area contributed by atoms with Crippen LogP contribution in [0.4, 0.5) is 0 Å². The van der Waals surface area contributed by atoms with E-state index in [0.29, 0.717) is 5.02 Å². The van der Waals surface area contributed by atoms with Gasteiger partial charge < -0.3 is 5.32 Å². The van der Waals surface area contributed by atoms with E-state index in [1.807, 2.05) is 19.1 Å². The van der Waals surface area contributed by atoms with Gasteiger partial charge in [-0.1, -0.05) is 35.3 Å². The molecule has 2 N–H and O–H groups in total. The lowest BCUT2D eigenvalue weighted by Gasteiger charge is -2.15. The number of rotatable bonds is 5. The van der Waals surface area contributed by atoms with E-state index in [0.717, 1.165) is 5.56 Å². The molecule has 0 unspecified atom stereocenters. The molecule has 0 aliphatic heterocycles. The molecule has 2 rings (SSSR count). The molecule has 0 saturated carbocycles. The lowest BCUT2D eigenvalue weighted by molar-refractivity contribution is 0.0939. The van der Waals surface area contributed by atoms with Crippen LogP contribution in [-0.4, -0.2) is 21.4 Å². The third-order valence-corrected chi connectivity index (χ3v) is 5.62. The predicted octanol–water partition coefficient (Wildman–Crippen LogP) is 3.39. The molecule has 128 valence electrons. The van der Waals surface area contributed by atoms with Crippen molar-refractivity contribution in [2.24, 2.45) is 0 Å². The lowest BCUT2D eigenvalue weighted by atomic mass is 10.1. The number of benzene rings is 2. The van der Waals surface area contributed by atoms with Crippen molar-refractivity contribution in [3.8, 4) is 0 Å². The van der Waals surface area contributed by atoms with Gasteiger partial charge in [-0.25, -0.2) is 13.1 Å². The van der Waals surface area contributed by atoms with E-state index < -0.39 is 15.9 Å². The lowest BCUT2D eigenvalue weighted by Crippen LogP contribution is -2.27. The predicted molar refractivity (Wildman–Crippen MR) is 95.0 cm³/mol. The second-order valence-electron chi connectivity index (χ2n) is 5.10. The van der Waals surface area contributed by atoms with E-state index in [1.54, 1.807) is 12.1 Å². The molecular weight excluding hydrogens is 371 g/mol. The Kier molecular flexibility index (Phi) is 5.87. The van der Waals surface area contributed by atoms with Crippen molar-refractivity contribution in [3.05, 3.63) is 63.6 Å². The fourth-order valence-electron chi connectivity index (χ4n) is 2.08. The minimum Gasteiger partial charge on any atom is -0.346 e. The largest absolute Gasteiger partial charge is 0.346 e. The molecule has 0 fully saturated rings. The highest BCUT2D eigenvalue weighted by Crippen LogP contribution is 2.23. The minimum absolute atomic E-state index is 0.0478. The molecule has 1 atom stereocenters. The second kappa shape index (κ2) is 7.53. The van der Waals surface area contributed by atoms with E-state index >= 15 is 0 Å². The van der Waals surface area contributed by atoms with Gasteiger partial charge in [0, 0.05) is 10.6 Å². The normalized spacial score (nSPS) is 12.7. The maximum absolute atomic E-state index is 12.4. The summed E-state index contributed by atoms with van der Waals surface area (Å²) >= 11 is 11.8. The number of amides is 1. The van der Waals surface area contributed by atoms with Crippen LogP contribution in [0, 0.1) is 0 Å². The van der Waals surface area contributed by atoms with E-state index in [2.05, 4.69) is 10.0 Å². The maximum atomic E-state index is 12.4. The van der Waals surface area contributed by atoms with Crippen LogP contribution < -0.4 is 10.0 Å². The van der Waals surface area contributed by atoms with Crippen LogP contribution in [0.3, 0.4) is 0 Å². The Hall–Kier alpha value is -1.60. The summed E-state index contributed by atoms with van der Waals surface area (Å²) in [7, 11) is -2.47. The van der Waals surface area contributed by atoms with Gasteiger partial charge in [0.1, 0.15) is 4.90 Å². The smallest absolute Gasteiger partial charge is 0.251 e. The van der Waals surface area contributed by atoms with E-state index in [1.165, 1.54) is 25.2 Å². The molecule has 1 amide bonds. The topological polar surface area (TPSA) is 75.3 Å². The number of hydrogen-bond donors (Lipinski definition) is 2. The van der Waals surface area contributed by atoms with Crippen molar-refractivity contribution in [2.75, 3.05) is 7.05 Å². The zero-order valence-electron chi connectivity index (χ0n) is 13.0. The van der Waals surface area contributed by atoms with Gasteiger partial charge in [-0.05, 0) is 49.9 Å². The number of sulfonamides is 1. The molecule has 24 heavy (non-hydrogen) atoms. The van der Waals surface area contributed by atoms with Crippen LogP contribution in [0.1, 0.15) is 28.9 Å². The number of carbonyl (C=O) groups excluding carboxylic acids is 1. The van der Waals surface area contributed by atoms with Crippen LogP contribution >= 0.6 is 23.2 Å². The van der Waals surface area contributed by atoms with E-state index in [-0.39, 0.29) is 21.5 Å². The summed E-state index contributed by atoms with van der Waals surface area (Å²) in [5.41, 5.74) is 1.08. The average Bonchev–Trinajstić information content (AvgIpc) is 2.55. The van der Waals surface area contributed by atoms with E-state index in [4.69, 9.17) is 23.2 Å². The Bertz CT molecular complexity index is 852. The first-order chi connectivity index (χ1) is 11.2. The summed E-state index contributed by atoms with van der Waals surface area (Å²) in [6.07, 6.45) is 0. The van der Waals surface area contributed by atoms with Gasteiger partial charge in [0.25, 0.3) is 5.91 Å². The molecule has 0 aromatic heterocycles. The number of carbonyl (C=O) groups is 1. The van der Waals surface area contributed by atoms with Gasteiger partial charge in [-0.15, -0.1) is 0 Å². The molecule has 8 heteroatoms. The summed E-state index contributed by atoms with van der Waals surface area (Å²) in [5, 5.41) is 3.46. The fourth-order valence-corrected chi connectivity index (χ4v) is 3.45. The van der Waals surface area contributed by atoms with Crippen molar-refractivity contribution >= 4 is 39.1 Å². The van der Waals surface area contributed by atoms with Crippen molar-refractivity contribution < 1.29 is 13.2 Å². The Labute approximate surface area is 151 Å². The second-order valence-corrected chi connectivity index (χ2v) is 7.80. The third kappa shape index (κ3) is 4.27. The Morgan fingerprint density at radius 3 is 2.29 bits per heavy atom. The zero-order valence-corrected chi connectivity index (χ0v) is 15.3. The number of nitrogens with one attached hydrogen (secondary N) is 2. The monoisotopic (exact) mass is 386 g/mol. The van der Waals surface area contributed by atoms with Crippen molar-refractivity contribution in [2.45, 2.75) is 17.9 Å². The third-order valence-electron chi connectivity index (χ3n) is 3.47. The first-order valence-corrected chi connectivity index (χ1v) is 9.28. The van der Waals surface area contributed by atoms with Gasteiger partial charge in [-0.2, -0.15) is 0 Å². The highest BCUT2D eigenvalue weighted by molar-refractivity contribution is 7.89. The molecule has 0 aliphatic carbocycles. The summed E-state index contributed by atoms with van der Waals surface area (Å²) in [5.74, 6) is -0.401. The van der Waals surface area contributed by atoms with Gasteiger partial charge in [0.15, 0.2) is 0 Å². The number of hydrogen-bond acceptors (Lipinski definition) is 3. The summed E-state index contributed by atoms with van der Waals surface area (Å²) < 4.78 is 26.0. The number of halogens is 2. The Morgan fingerprint density at radius 1 is 1.08 bits per heavy atom. The fraction of sp³-hybridized carbons (Fsp3) is 0.188. The summed E-state index contributed by atoms with van der Waals surface area (Å²) in [4.78, 5) is 12.2. The first kappa shape index (κ1) is 18.7. The summed E-state index contributed by atoms with van der Waals surface area (Å²) in [6.45, 7) is 1.82. The summed E-state index contributed by atoms with van der Waals surface area (Å²) in [6, 6.07) is 10.9. The van der Waals surface area contributed by atoms with Crippen LogP contribution in [0.15, 0.2) is 47.4 Å². The highest BCUT2D eigenvalue weighted by atomic mass is 35.5. The molecule has 0 saturated heterocycles. The van der Waals surface area contributed by atoms with Gasteiger partial charge in [0.05, 0.1) is 11.1 Å². The van der Waals surface area contributed by atoms with Crippen LogP contribution in [0.5, 0.6) is 0 Å². The molecule has 2 aromatic rings. The van der Waals surface area contributed by atoms with Crippen LogP contribution in [0.25, 0.3) is 0 Å². The van der Waals surface area contributed by atoms with Gasteiger partial charge in [-0.3, -0.25) is 4.79 Å². The highest BCUT2D eigenvalue weighted by Gasteiger charge is 2.19. The maximum Gasteiger partial charge on any atom is 0.251 e. The molecule has 5 nitrogen and oxygen atoms in total. The Morgan fingerprint density at radius 2 is 1.71 bits per heavy atom. The van der Waals surface area contributed by atoms with E-state index in [9.17, 15) is 13.2 Å². The standard InChI is InChI=1S/C16H16Cl2N2O3S/c1-10(11-3-6-13(17)7-4-11)20-16(21)12-5-8-14(18)15(9-12)24(22,23)19-2/h3-10,19H,1-2H3,(H,20,21)/t10-/m0/s1. The van der Waals surface area contributed by atoms with Crippen LogP contribution in [-0.2, 0) is 10.0 Å². The van der Waals surface area contributed by atoms with Crippen LogP contribution in [0.2, 0.25) is 10.0 Å². The van der Waals surface area contributed by atoms with Crippen molar-refractivity contribution in [1.82, 2.24) is 10.0 Å². The molecule has 2 aromatic carbocycles. The van der Waals surface area contributed by atoms with Gasteiger partial charge in [0.2, 0.25) is 10.0 Å². The zero-order chi connectivity index (χ0) is 17.9.